The predicted molar refractivity (Wildman–Crippen MR) is 60.6 cm³/mol. The van der Waals surface area contributed by atoms with Crippen molar-refractivity contribution in [1.82, 2.24) is 9.80 Å². The van der Waals surface area contributed by atoms with Crippen molar-refractivity contribution in [2.24, 2.45) is 5.92 Å². The van der Waals surface area contributed by atoms with Crippen LogP contribution in [0.15, 0.2) is 11.8 Å². The van der Waals surface area contributed by atoms with Crippen molar-refractivity contribution in [3.05, 3.63) is 11.8 Å². The third kappa shape index (κ3) is 2.59. The maximum Gasteiger partial charge on any atom is 0.157 e. The summed E-state index contributed by atoms with van der Waals surface area (Å²) in [5.74, 6) is 0.833. The van der Waals surface area contributed by atoms with Crippen LogP contribution in [0.3, 0.4) is 0 Å². The van der Waals surface area contributed by atoms with E-state index in [4.69, 9.17) is 0 Å². The fourth-order valence-electron chi connectivity index (χ4n) is 2.39. The van der Waals surface area contributed by atoms with Gasteiger partial charge in [0, 0.05) is 44.4 Å². The summed E-state index contributed by atoms with van der Waals surface area (Å²) in [5.41, 5.74) is 1.27. The zero-order chi connectivity index (χ0) is 10.8. The summed E-state index contributed by atoms with van der Waals surface area (Å²) in [6.07, 6.45) is 3.68. The van der Waals surface area contributed by atoms with Gasteiger partial charge in [-0.1, -0.05) is 6.92 Å². The molecule has 1 heterocycles. The number of hydrogen-bond acceptors (Lipinski definition) is 3. The molecule has 0 aromatic carbocycles. The molecule has 0 saturated carbocycles. The molecule has 0 aromatic heterocycles. The summed E-state index contributed by atoms with van der Waals surface area (Å²) in [7, 11) is 2.15. The number of carbonyl (C=O) groups excluding carboxylic acids is 1. The summed E-state index contributed by atoms with van der Waals surface area (Å²) in [5, 5.41) is 0. The number of allylic oxidation sites excluding steroid dienone is 2. The molecule has 0 amide bonds. The van der Waals surface area contributed by atoms with Crippen molar-refractivity contribution < 1.29 is 4.79 Å². The molecule has 0 N–H and O–H groups in total. The van der Waals surface area contributed by atoms with Gasteiger partial charge < -0.3 is 9.80 Å². The Hall–Kier alpha value is -0.830. The van der Waals surface area contributed by atoms with Crippen LogP contribution in [0.25, 0.3) is 0 Å². The lowest BCUT2D eigenvalue weighted by Gasteiger charge is -2.37. The minimum Gasteiger partial charge on any atom is -0.372 e. The number of likely N-dealkylation sites (N-methyl/N-ethyl adjacent to an activating group) is 1. The van der Waals surface area contributed by atoms with E-state index in [0.717, 1.165) is 39.0 Å². The molecule has 1 unspecified atom stereocenters. The number of nitrogens with zero attached hydrogens (tertiary/aromatic N) is 2. The molecule has 0 radical (unpaired) electrons. The quantitative estimate of drug-likeness (QED) is 0.645. The van der Waals surface area contributed by atoms with E-state index >= 15 is 0 Å². The SMILES string of the molecule is CC1CC(=O)C=C(N2CCN(C)CC2)C1. The van der Waals surface area contributed by atoms with Crippen LogP contribution >= 0.6 is 0 Å². The Morgan fingerprint density at radius 3 is 2.47 bits per heavy atom. The summed E-state index contributed by atoms with van der Waals surface area (Å²) in [6.45, 7) is 6.53. The van der Waals surface area contributed by atoms with E-state index in [0.29, 0.717) is 11.7 Å². The Kier molecular flexibility index (Phi) is 3.10. The molecule has 1 aliphatic carbocycles. The van der Waals surface area contributed by atoms with E-state index in [9.17, 15) is 4.79 Å². The maximum absolute atomic E-state index is 11.5. The maximum atomic E-state index is 11.5. The van der Waals surface area contributed by atoms with Gasteiger partial charge in [0.2, 0.25) is 0 Å². The molecule has 1 atom stereocenters. The van der Waals surface area contributed by atoms with Gasteiger partial charge in [-0.15, -0.1) is 0 Å². The highest BCUT2D eigenvalue weighted by molar-refractivity contribution is 5.91. The van der Waals surface area contributed by atoms with Crippen molar-refractivity contribution in [2.75, 3.05) is 33.2 Å². The van der Waals surface area contributed by atoms with Crippen LogP contribution in [0, 0.1) is 5.92 Å². The zero-order valence-electron chi connectivity index (χ0n) is 9.70. The third-order valence-electron chi connectivity index (χ3n) is 3.34. The first-order valence-corrected chi connectivity index (χ1v) is 5.82. The van der Waals surface area contributed by atoms with Crippen molar-refractivity contribution >= 4 is 5.78 Å². The standard InChI is InChI=1S/C12H20N2O/c1-10-7-11(9-12(15)8-10)14-5-3-13(2)4-6-14/h9-10H,3-8H2,1-2H3. The Morgan fingerprint density at radius 2 is 1.87 bits per heavy atom. The van der Waals surface area contributed by atoms with E-state index in [-0.39, 0.29) is 0 Å². The number of carbonyl (C=O) groups is 1. The van der Waals surface area contributed by atoms with Gasteiger partial charge in [0.1, 0.15) is 0 Å². The summed E-state index contributed by atoms with van der Waals surface area (Å²) >= 11 is 0. The van der Waals surface area contributed by atoms with Crippen LogP contribution in [0.5, 0.6) is 0 Å². The fraction of sp³-hybridized carbons (Fsp3) is 0.750. The summed E-state index contributed by atoms with van der Waals surface area (Å²) < 4.78 is 0. The average Bonchev–Trinajstić information content (AvgIpc) is 2.17. The molecule has 3 heteroatoms. The number of rotatable bonds is 1. The van der Waals surface area contributed by atoms with Crippen LogP contribution in [-0.2, 0) is 4.79 Å². The largest absolute Gasteiger partial charge is 0.372 e. The molecule has 2 aliphatic rings. The van der Waals surface area contributed by atoms with Crippen molar-refractivity contribution in [3.63, 3.8) is 0 Å². The molecule has 15 heavy (non-hydrogen) atoms. The van der Waals surface area contributed by atoms with Gasteiger partial charge in [-0.25, -0.2) is 0 Å². The van der Waals surface area contributed by atoms with E-state index < -0.39 is 0 Å². The summed E-state index contributed by atoms with van der Waals surface area (Å²) in [4.78, 5) is 16.2. The predicted octanol–water partition coefficient (Wildman–Crippen LogP) is 1.12. The highest BCUT2D eigenvalue weighted by atomic mass is 16.1. The molecule has 1 aliphatic heterocycles. The lowest BCUT2D eigenvalue weighted by Crippen LogP contribution is -2.44. The van der Waals surface area contributed by atoms with Gasteiger partial charge in [-0.2, -0.15) is 0 Å². The van der Waals surface area contributed by atoms with Crippen LogP contribution in [0.4, 0.5) is 0 Å². The summed E-state index contributed by atoms with van der Waals surface area (Å²) in [6, 6.07) is 0. The number of hydrogen-bond donors (Lipinski definition) is 0. The number of ketones is 1. The molecule has 84 valence electrons. The first-order valence-electron chi connectivity index (χ1n) is 5.82. The van der Waals surface area contributed by atoms with Crippen molar-refractivity contribution in [1.29, 1.82) is 0 Å². The van der Waals surface area contributed by atoms with Crippen LogP contribution in [-0.4, -0.2) is 48.8 Å². The van der Waals surface area contributed by atoms with Crippen LogP contribution in [0.1, 0.15) is 19.8 Å². The fourth-order valence-corrected chi connectivity index (χ4v) is 2.39. The number of piperazine rings is 1. The first kappa shape index (κ1) is 10.7. The zero-order valence-corrected chi connectivity index (χ0v) is 9.70. The van der Waals surface area contributed by atoms with Gasteiger partial charge in [0.25, 0.3) is 0 Å². The minimum absolute atomic E-state index is 0.308. The van der Waals surface area contributed by atoms with Gasteiger partial charge >= 0.3 is 0 Å². The molecule has 0 aromatic rings. The van der Waals surface area contributed by atoms with E-state index in [1.807, 2.05) is 6.08 Å². The highest BCUT2D eigenvalue weighted by Crippen LogP contribution is 2.24. The molecule has 3 nitrogen and oxygen atoms in total. The van der Waals surface area contributed by atoms with Gasteiger partial charge in [0.05, 0.1) is 0 Å². The molecular formula is C12H20N2O. The Labute approximate surface area is 91.7 Å². The van der Waals surface area contributed by atoms with Gasteiger partial charge in [-0.05, 0) is 19.4 Å². The lowest BCUT2D eigenvalue weighted by atomic mass is 9.92. The van der Waals surface area contributed by atoms with Gasteiger partial charge in [-0.3, -0.25) is 4.79 Å². The molecule has 0 bridgehead atoms. The normalized spacial score (nSPS) is 29.2. The second-order valence-corrected chi connectivity index (χ2v) is 4.91. The lowest BCUT2D eigenvalue weighted by molar-refractivity contribution is -0.116. The van der Waals surface area contributed by atoms with Crippen LogP contribution < -0.4 is 0 Å². The van der Waals surface area contributed by atoms with E-state index in [1.165, 1.54) is 5.70 Å². The molecule has 1 saturated heterocycles. The molecule has 0 spiro atoms. The van der Waals surface area contributed by atoms with Crippen molar-refractivity contribution in [3.8, 4) is 0 Å². The molecule has 2 rings (SSSR count). The Bertz CT molecular complexity index is 277. The minimum atomic E-state index is 0.308. The second kappa shape index (κ2) is 4.35. The third-order valence-corrected chi connectivity index (χ3v) is 3.34. The van der Waals surface area contributed by atoms with Gasteiger partial charge in [0.15, 0.2) is 5.78 Å². The Balaban J connectivity index is 2.01. The highest BCUT2D eigenvalue weighted by Gasteiger charge is 2.22. The smallest absolute Gasteiger partial charge is 0.157 e. The van der Waals surface area contributed by atoms with E-state index in [2.05, 4.69) is 23.8 Å². The topological polar surface area (TPSA) is 23.6 Å². The van der Waals surface area contributed by atoms with E-state index in [1.54, 1.807) is 0 Å². The molecule has 1 fully saturated rings. The Morgan fingerprint density at radius 1 is 1.20 bits per heavy atom. The van der Waals surface area contributed by atoms with Crippen LogP contribution in [0.2, 0.25) is 0 Å². The average molecular weight is 208 g/mol. The van der Waals surface area contributed by atoms with Crippen molar-refractivity contribution in [2.45, 2.75) is 19.8 Å². The first-order chi connectivity index (χ1) is 7.15. The monoisotopic (exact) mass is 208 g/mol. The second-order valence-electron chi connectivity index (χ2n) is 4.91. The molecular weight excluding hydrogens is 188 g/mol.